The van der Waals surface area contributed by atoms with E-state index in [-0.39, 0.29) is 37.1 Å². The number of carboxylic acids is 1. The summed E-state index contributed by atoms with van der Waals surface area (Å²) in [7, 11) is 0. The van der Waals surface area contributed by atoms with Crippen molar-refractivity contribution in [3.8, 4) is 11.5 Å². The molecule has 0 spiro atoms. The summed E-state index contributed by atoms with van der Waals surface area (Å²) in [6.45, 7) is 10.9. The summed E-state index contributed by atoms with van der Waals surface area (Å²) in [5.41, 5.74) is 0.927. The van der Waals surface area contributed by atoms with Gasteiger partial charge in [0, 0.05) is 31.6 Å². The van der Waals surface area contributed by atoms with Gasteiger partial charge in [0.1, 0.15) is 0 Å². The molecule has 0 aromatic heterocycles. The van der Waals surface area contributed by atoms with E-state index < -0.39 is 11.9 Å². The van der Waals surface area contributed by atoms with Crippen LogP contribution in [0.1, 0.15) is 64.9 Å². The molecule has 1 saturated heterocycles. The van der Waals surface area contributed by atoms with Gasteiger partial charge in [-0.05, 0) is 36.5 Å². The molecule has 2 aliphatic heterocycles. The maximum Gasteiger partial charge on any atom is 0.308 e. The largest absolute Gasteiger partial charge is 0.481 e. The molecule has 3 atom stereocenters. The molecule has 1 aromatic carbocycles. The van der Waals surface area contributed by atoms with Crippen LogP contribution in [0.15, 0.2) is 18.2 Å². The van der Waals surface area contributed by atoms with Crippen molar-refractivity contribution >= 4 is 11.9 Å². The number of hydrogen-bond acceptors (Lipinski definition) is 5. The quantitative estimate of drug-likeness (QED) is 0.554. The number of benzene rings is 1. The van der Waals surface area contributed by atoms with Crippen molar-refractivity contribution in [1.82, 2.24) is 9.80 Å². The van der Waals surface area contributed by atoms with Gasteiger partial charge in [0.05, 0.1) is 12.5 Å². The molecule has 1 fully saturated rings. The SMILES string of the molecule is CCCCN(CCCC)C(=O)CN1CC(c2ccc3c(c2)OCO3)C(C(=O)O)C1C(C)C. The van der Waals surface area contributed by atoms with Crippen molar-refractivity contribution in [3.63, 3.8) is 0 Å². The van der Waals surface area contributed by atoms with Gasteiger partial charge in [0.15, 0.2) is 11.5 Å². The van der Waals surface area contributed by atoms with Gasteiger partial charge in [-0.25, -0.2) is 0 Å². The lowest BCUT2D eigenvalue weighted by atomic mass is 9.81. The zero-order valence-electron chi connectivity index (χ0n) is 19.9. The van der Waals surface area contributed by atoms with E-state index >= 15 is 0 Å². The van der Waals surface area contributed by atoms with Crippen molar-refractivity contribution in [3.05, 3.63) is 23.8 Å². The van der Waals surface area contributed by atoms with Gasteiger partial charge in [-0.3, -0.25) is 14.5 Å². The average molecular weight is 447 g/mol. The summed E-state index contributed by atoms with van der Waals surface area (Å²) in [5.74, 6) is -0.0308. The fraction of sp³-hybridized carbons (Fsp3) is 0.680. The minimum atomic E-state index is -0.810. The van der Waals surface area contributed by atoms with E-state index in [1.807, 2.05) is 36.9 Å². The Labute approximate surface area is 191 Å². The molecule has 0 aliphatic carbocycles. The van der Waals surface area contributed by atoms with Crippen LogP contribution in [0.25, 0.3) is 0 Å². The highest BCUT2D eigenvalue weighted by Gasteiger charge is 2.48. The molecule has 7 heteroatoms. The molecule has 2 heterocycles. The Morgan fingerprint density at radius 2 is 1.78 bits per heavy atom. The topological polar surface area (TPSA) is 79.3 Å². The molecule has 1 aromatic rings. The van der Waals surface area contributed by atoms with Gasteiger partial charge in [-0.15, -0.1) is 0 Å². The minimum Gasteiger partial charge on any atom is -0.481 e. The zero-order valence-corrected chi connectivity index (χ0v) is 19.9. The first kappa shape index (κ1) is 24.4. The number of amides is 1. The molecular weight excluding hydrogens is 408 g/mol. The number of nitrogens with zero attached hydrogens (tertiary/aromatic N) is 2. The maximum atomic E-state index is 13.3. The number of carbonyl (C=O) groups is 2. The fourth-order valence-electron chi connectivity index (χ4n) is 5.07. The maximum absolute atomic E-state index is 13.3. The number of ether oxygens (including phenoxy) is 2. The molecule has 0 bridgehead atoms. The predicted molar refractivity (Wildman–Crippen MR) is 123 cm³/mol. The highest BCUT2D eigenvalue weighted by Crippen LogP contribution is 2.43. The number of aliphatic carboxylic acids is 1. The standard InChI is InChI=1S/C25H38N2O5/c1-5-7-11-26(12-8-6-2)22(28)15-27-14-19(23(25(29)30)24(27)17(3)4)18-9-10-20-21(13-18)32-16-31-20/h9-10,13,17,19,23-24H,5-8,11-12,14-16H2,1-4H3,(H,29,30). The Morgan fingerprint density at radius 1 is 1.12 bits per heavy atom. The molecule has 3 rings (SSSR count). The van der Waals surface area contributed by atoms with Crippen LogP contribution < -0.4 is 9.47 Å². The number of fused-ring (bicyclic) bond motifs is 1. The van der Waals surface area contributed by atoms with Gasteiger partial charge in [-0.2, -0.15) is 0 Å². The third-order valence-corrected chi connectivity index (χ3v) is 6.70. The fourth-order valence-corrected chi connectivity index (χ4v) is 5.07. The summed E-state index contributed by atoms with van der Waals surface area (Å²) in [6, 6.07) is 5.49. The Kier molecular flexibility index (Phi) is 8.40. The molecule has 1 N–H and O–H groups in total. The third-order valence-electron chi connectivity index (χ3n) is 6.70. The van der Waals surface area contributed by atoms with Crippen LogP contribution >= 0.6 is 0 Å². The lowest BCUT2D eigenvalue weighted by Crippen LogP contribution is -2.46. The van der Waals surface area contributed by atoms with Crippen LogP contribution in [0.3, 0.4) is 0 Å². The second-order valence-corrected chi connectivity index (χ2v) is 9.34. The molecule has 0 saturated carbocycles. The average Bonchev–Trinajstić information content (AvgIpc) is 3.37. The van der Waals surface area contributed by atoms with Crippen LogP contribution in [0.2, 0.25) is 0 Å². The molecule has 178 valence electrons. The summed E-state index contributed by atoms with van der Waals surface area (Å²) in [6.07, 6.45) is 4.06. The first-order valence-electron chi connectivity index (χ1n) is 12.0. The number of rotatable bonds is 11. The Balaban J connectivity index is 1.83. The molecular formula is C25H38N2O5. The molecule has 1 amide bonds. The summed E-state index contributed by atoms with van der Waals surface area (Å²) in [4.78, 5) is 29.7. The van der Waals surface area contributed by atoms with E-state index in [0.29, 0.717) is 18.0 Å². The van der Waals surface area contributed by atoms with Crippen LogP contribution in [0, 0.1) is 11.8 Å². The highest BCUT2D eigenvalue weighted by atomic mass is 16.7. The lowest BCUT2D eigenvalue weighted by molar-refractivity contribution is -0.144. The van der Waals surface area contributed by atoms with E-state index in [9.17, 15) is 14.7 Å². The first-order valence-corrected chi connectivity index (χ1v) is 12.0. The number of carbonyl (C=O) groups excluding carboxylic acids is 1. The molecule has 32 heavy (non-hydrogen) atoms. The molecule has 0 radical (unpaired) electrons. The van der Waals surface area contributed by atoms with Crippen LogP contribution in [-0.4, -0.2) is 65.8 Å². The van der Waals surface area contributed by atoms with E-state index in [0.717, 1.165) is 44.3 Å². The Hall–Kier alpha value is -2.28. The number of unbranched alkanes of at least 4 members (excludes halogenated alkanes) is 2. The summed E-state index contributed by atoms with van der Waals surface area (Å²) in [5, 5.41) is 10.2. The summed E-state index contributed by atoms with van der Waals surface area (Å²) >= 11 is 0. The normalized spacial score (nSPS) is 22.5. The minimum absolute atomic E-state index is 0.105. The Bertz CT molecular complexity index is 789. The second-order valence-electron chi connectivity index (χ2n) is 9.34. The van der Waals surface area contributed by atoms with Crippen molar-refractivity contribution in [1.29, 1.82) is 0 Å². The zero-order chi connectivity index (χ0) is 23.3. The first-order chi connectivity index (χ1) is 15.4. The van der Waals surface area contributed by atoms with Gasteiger partial charge in [0.2, 0.25) is 12.7 Å². The number of carboxylic acid groups (broad SMARTS) is 1. The van der Waals surface area contributed by atoms with Crippen molar-refractivity contribution in [2.45, 2.75) is 65.3 Å². The predicted octanol–water partition coefficient (Wildman–Crippen LogP) is 3.97. The monoisotopic (exact) mass is 446 g/mol. The second kappa shape index (κ2) is 11.0. The smallest absolute Gasteiger partial charge is 0.308 e. The molecule has 3 unspecified atom stereocenters. The van der Waals surface area contributed by atoms with Crippen LogP contribution in [0.5, 0.6) is 11.5 Å². The van der Waals surface area contributed by atoms with E-state index in [1.54, 1.807) is 0 Å². The third kappa shape index (κ3) is 5.37. The van der Waals surface area contributed by atoms with Gasteiger partial charge < -0.3 is 19.5 Å². The molecule has 7 nitrogen and oxygen atoms in total. The number of likely N-dealkylation sites (tertiary alicyclic amines) is 1. The Morgan fingerprint density at radius 3 is 2.38 bits per heavy atom. The van der Waals surface area contributed by atoms with E-state index in [2.05, 4.69) is 18.7 Å². The van der Waals surface area contributed by atoms with E-state index in [1.165, 1.54) is 0 Å². The lowest BCUT2D eigenvalue weighted by Gasteiger charge is -2.32. The van der Waals surface area contributed by atoms with Crippen molar-refractivity contribution < 1.29 is 24.2 Å². The van der Waals surface area contributed by atoms with Gasteiger partial charge in [0.25, 0.3) is 0 Å². The molecule has 2 aliphatic rings. The van der Waals surface area contributed by atoms with Crippen LogP contribution in [0.4, 0.5) is 0 Å². The van der Waals surface area contributed by atoms with Gasteiger partial charge in [-0.1, -0.05) is 46.6 Å². The summed E-state index contributed by atoms with van der Waals surface area (Å²) < 4.78 is 10.9. The van der Waals surface area contributed by atoms with E-state index in [4.69, 9.17) is 9.47 Å². The number of hydrogen-bond donors (Lipinski definition) is 1. The van der Waals surface area contributed by atoms with Crippen LogP contribution in [-0.2, 0) is 9.59 Å². The highest BCUT2D eigenvalue weighted by molar-refractivity contribution is 5.79. The van der Waals surface area contributed by atoms with Crippen molar-refractivity contribution in [2.24, 2.45) is 11.8 Å². The van der Waals surface area contributed by atoms with Gasteiger partial charge >= 0.3 is 5.97 Å². The van der Waals surface area contributed by atoms with Crippen molar-refractivity contribution in [2.75, 3.05) is 33.0 Å².